The van der Waals surface area contributed by atoms with Crippen LogP contribution in [-0.2, 0) is 0 Å². The lowest BCUT2D eigenvalue weighted by Crippen LogP contribution is -2.28. The summed E-state index contributed by atoms with van der Waals surface area (Å²) < 4.78 is 0. The summed E-state index contributed by atoms with van der Waals surface area (Å²) in [5, 5.41) is 9.11. The largest absolute Gasteiger partial charge is 0.508 e. The van der Waals surface area contributed by atoms with Crippen molar-refractivity contribution in [3.63, 3.8) is 0 Å². The molecule has 2 rings (SSSR count). The lowest BCUT2D eigenvalue weighted by Gasteiger charge is -2.15. The zero-order valence-corrected chi connectivity index (χ0v) is 9.77. The quantitative estimate of drug-likeness (QED) is 0.793. The minimum absolute atomic E-state index is 0.0388. The van der Waals surface area contributed by atoms with Gasteiger partial charge in [-0.25, -0.2) is 0 Å². The summed E-state index contributed by atoms with van der Waals surface area (Å²) in [6, 6.07) is 6.38. The SMILES string of the molecule is O=C(c1ccc(O)cc1)N1CCC(Br)C1. The smallest absolute Gasteiger partial charge is 0.253 e. The highest BCUT2D eigenvalue weighted by Crippen LogP contribution is 2.19. The molecule has 1 saturated heterocycles. The molecule has 0 bridgehead atoms. The molecule has 1 fully saturated rings. The number of hydrogen-bond acceptors (Lipinski definition) is 2. The summed E-state index contributed by atoms with van der Waals surface area (Å²) >= 11 is 3.50. The normalized spacial score (nSPS) is 20.6. The van der Waals surface area contributed by atoms with Crippen molar-refractivity contribution in [1.29, 1.82) is 0 Å². The van der Waals surface area contributed by atoms with Crippen LogP contribution in [0, 0.1) is 0 Å². The van der Waals surface area contributed by atoms with Crippen LogP contribution in [0.2, 0.25) is 0 Å². The Morgan fingerprint density at radius 1 is 1.40 bits per heavy atom. The van der Waals surface area contributed by atoms with Crippen LogP contribution in [0.15, 0.2) is 24.3 Å². The van der Waals surface area contributed by atoms with E-state index in [4.69, 9.17) is 5.11 Å². The molecule has 1 N–H and O–H groups in total. The minimum atomic E-state index is 0.0388. The summed E-state index contributed by atoms with van der Waals surface area (Å²) in [4.78, 5) is 14.2. The van der Waals surface area contributed by atoms with Crippen LogP contribution in [0.25, 0.3) is 0 Å². The summed E-state index contributed by atoms with van der Waals surface area (Å²) in [7, 11) is 0. The molecule has 0 aromatic heterocycles. The Morgan fingerprint density at radius 3 is 2.60 bits per heavy atom. The van der Waals surface area contributed by atoms with E-state index >= 15 is 0 Å². The van der Waals surface area contributed by atoms with E-state index in [2.05, 4.69) is 15.9 Å². The van der Waals surface area contributed by atoms with Crippen molar-refractivity contribution in [3.8, 4) is 5.75 Å². The van der Waals surface area contributed by atoms with Crippen LogP contribution in [-0.4, -0.2) is 33.8 Å². The van der Waals surface area contributed by atoms with Gasteiger partial charge in [0.15, 0.2) is 0 Å². The molecule has 0 radical (unpaired) electrons. The number of carbonyl (C=O) groups excluding carboxylic acids is 1. The van der Waals surface area contributed by atoms with E-state index in [9.17, 15) is 4.79 Å². The highest BCUT2D eigenvalue weighted by molar-refractivity contribution is 9.09. The molecular weight excluding hydrogens is 258 g/mol. The molecule has 4 heteroatoms. The maximum absolute atomic E-state index is 11.9. The van der Waals surface area contributed by atoms with E-state index in [1.807, 2.05) is 4.90 Å². The van der Waals surface area contributed by atoms with Gasteiger partial charge in [0.25, 0.3) is 5.91 Å². The third-order valence-electron chi connectivity index (χ3n) is 2.53. The van der Waals surface area contributed by atoms with Gasteiger partial charge < -0.3 is 10.0 Å². The summed E-state index contributed by atoms with van der Waals surface area (Å²) in [5.74, 6) is 0.225. The third kappa shape index (κ3) is 2.31. The van der Waals surface area contributed by atoms with Gasteiger partial charge >= 0.3 is 0 Å². The predicted molar refractivity (Wildman–Crippen MR) is 61.3 cm³/mol. The minimum Gasteiger partial charge on any atom is -0.508 e. The van der Waals surface area contributed by atoms with E-state index < -0.39 is 0 Å². The molecule has 1 unspecified atom stereocenters. The molecule has 1 heterocycles. The van der Waals surface area contributed by atoms with Crippen LogP contribution in [0.5, 0.6) is 5.75 Å². The monoisotopic (exact) mass is 269 g/mol. The van der Waals surface area contributed by atoms with Crippen molar-refractivity contribution in [2.45, 2.75) is 11.2 Å². The van der Waals surface area contributed by atoms with Crippen molar-refractivity contribution in [1.82, 2.24) is 4.90 Å². The number of aromatic hydroxyl groups is 1. The van der Waals surface area contributed by atoms with Crippen molar-refractivity contribution in [3.05, 3.63) is 29.8 Å². The predicted octanol–water partition coefficient (Wildman–Crippen LogP) is 2.00. The molecule has 1 aromatic rings. The van der Waals surface area contributed by atoms with Gasteiger partial charge in [0.1, 0.15) is 5.75 Å². The summed E-state index contributed by atoms with van der Waals surface area (Å²) in [6.45, 7) is 1.56. The van der Waals surface area contributed by atoms with Crippen LogP contribution < -0.4 is 0 Å². The average Bonchev–Trinajstić information content (AvgIpc) is 2.65. The Hall–Kier alpha value is -1.03. The number of phenolic OH excluding ortho intramolecular Hbond substituents is 1. The fourth-order valence-corrected chi connectivity index (χ4v) is 2.24. The van der Waals surface area contributed by atoms with E-state index in [0.29, 0.717) is 10.4 Å². The van der Waals surface area contributed by atoms with Gasteiger partial charge in [-0.3, -0.25) is 4.79 Å². The van der Waals surface area contributed by atoms with Crippen LogP contribution in [0.1, 0.15) is 16.8 Å². The number of likely N-dealkylation sites (tertiary alicyclic amines) is 1. The molecule has 15 heavy (non-hydrogen) atoms. The Morgan fingerprint density at radius 2 is 2.07 bits per heavy atom. The van der Waals surface area contributed by atoms with Gasteiger partial charge in [0.2, 0.25) is 0 Å². The molecule has 1 aliphatic heterocycles. The van der Waals surface area contributed by atoms with Gasteiger partial charge in [0.05, 0.1) is 0 Å². The first-order chi connectivity index (χ1) is 7.16. The number of halogens is 1. The standard InChI is InChI=1S/C11H12BrNO2/c12-9-5-6-13(7-9)11(15)8-1-3-10(14)4-2-8/h1-4,9,14H,5-7H2. The molecule has 1 amide bonds. The Labute approximate surface area is 96.8 Å². The topological polar surface area (TPSA) is 40.5 Å². The maximum Gasteiger partial charge on any atom is 0.253 e. The highest BCUT2D eigenvalue weighted by Gasteiger charge is 2.24. The van der Waals surface area contributed by atoms with Gasteiger partial charge in [-0.2, -0.15) is 0 Å². The van der Waals surface area contributed by atoms with Crippen LogP contribution in [0.4, 0.5) is 0 Å². The van der Waals surface area contributed by atoms with Gasteiger partial charge in [-0.1, -0.05) is 15.9 Å². The second-order valence-electron chi connectivity index (χ2n) is 3.68. The van der Waals surface area contributed by atoms with E-state index in [1.54, 1.807) is 12.1 Å². The second-order valence-corrected chi connectivity index (χ2v) is 4.98. The lowest BCUT2D eigenvalue weighted by molar-refractivity contribution is 0.0793. The van der Waals surface area contributed by atoms with Crippen molar-refractivity contribution < 1.29 is 9.90 Å². The number of amides is 1. The molecule has 0 aliphatic carbocycles. The Balaban J connectivity index is 2.11. The second kappa shape index (κ2) is 4.23. The van der Waals surface area contributed by atoms with E-state index in [0.717, 1.165) is 19.5 Å². The number of alkyl halides is 1. The molecule has 3 nitrogen and oxygen atoms in total. The number of phenols is 1. The van der Waals surface area contributed by atoms with Crippen LogP contribution >= 0.6 is 15.9 Å². The van der Waals surface area contributed by atoms with Crippen molar-refractivity contribution >= 4 is 21.8 Å². The van der Waals surface area contributed by atoms with E-state index in [-0.39, 0.29) is 11.7 Å². The zero-order chi connectivity index (χ0) is 10.8. The molecule has 0 saturated carbocycles. The molecule has 1 aliphatic rings. The van der Waals surface area contributed by atoms with E-state index in [1.165, 1.54) is 12.1 Å². The molecule has 0 spiro atoms. The zero-order valence-electron chi connectivity index (χ0n) is 8.19. The first-order valence-electron chi connectivity index (χ1n) is 4.89. The van der Waals surface area contributed by atoms with Gasteiger partial charge in [0, 0.05) is 23.5 Å². The van der Waals surface area contributed by atoms with Crippen molar-refractivity contribution in [2.75, 3.05) is 13.1 Å². The Kier molecular flexibility index (Phi) is 2.95. The highest BCUT2D eigenvalue weighted by atomic mass is 79.9. The number of nitrogens with zero attached hydrogens (tertiary/aromatic N) is 1. The number of hydrogen-bond donors (Lipinski definition) is 1. The first-order valence-corrected chi connectivity index (χ1v) is 5.81. The lowest BCUT2D eigenvalue weighted by atomic mass is 10.2. The molecule has 1 atom stereocenters. The summed E-state index contributed by atoms with van der Waals surface area (Å²) in [5.41, 5.74) is 0.634. The average molecular weight is 270 g/mol. The number of carbonyl (C=O) groups is 1. The molecular formula is C11H12BrNO2. The fourth-order valence-electron chi connectivity index (χ4n) is 1.69. The first kappa shape index (κ1) is 10.5. The summed E-state index contributed by atoms with van der Waals surface area (Å²) in [6.07, 6.45) is 1.00. The fraction of sp³-hybridized carbons (Fsp3) is 0.364. The Bertz CT molecular complexity index is 363. The number of benzene rings is 1. The number of rotatable bonds is 1. The third-order valence-corrected chi connectivity index (χ3v) is 3.28. The van der Waals surface area contributed by atoms with Gasteiger partial charge in [-0.15, -0.1) is 0 Å². The van der Waals surface area contributed by atoms with Crippen molar-refractivity contribution in [2.24, 2.45) is 0 Å². The van der Waals surface area contributed by atoms with Gasteiger partial charge in [-0.05, 0) is 30.7 Å². The maximum atomic E-state index is 11.9. The van der Waals surface area contributed by atoms with Crippen LogP contribution in [0.3, 0.4) is 0 Å². The molecule has 80 valence electrons. The molecule has 1 aromatic carbocycles.